The molecule has 20 heterocycles. The average Bonchev–Trinajstić information content (AvgIpc) is 1.62. The zero-order chi connectivity index (χ0) is 97.9. The lowest BCUT2D eigenvalue weighted by atomic mass is 9.98. The molecule has 1 aliphatic carbocycles. The van der Waals surface area contributed by atoms with Crippen molar-refractivity contribution in [1.82, 2.24) is 92.1 Å². The summed E-state index contributed by atoms with van der Waals surface area (Å²) in [5.74, 6) is 1.78. The molecule has 0 unspecified atom stereocenters. The second-order valence-electron chi connectivity index (χ2n) is 37.3. The number of halogens is 1. The van der Waals surface area contributed by atoms with Crippen LogP contribution in [0.2, 0.25) is 0 Å². The van der Waals surface area contributed by atoms with E-state index in [9.17, 15) is 24.3 Å². The minimum absolute atomic E-state index is 0.0194. The van der Waals surface area contributed by atoms with Crippen molar-refractivity contribution in [3.8, 4) is 63.2 Å². The van der Waals surface area contributed by atoms with Crippen molar-refractivity contribution in [2.75, 3.05) is 113 Å². The van der Waals surface area contributed by atoms with Gasteiger partial charge in [0, 0.05) is 208 Å². The van der Waals surface area contributed by atoms with E-state index in [2.05, 4.69) is 85.4 Å². The van der Waals surface area contributed by atoms with Gasteiger partial charge in [-0.2, -0.15) is 20.4 Å². The molecule has 2 amide bonds. The van der Waals surface area contributed by atoms with Gasteiger partial charge in [-0.1, -0.05) is 6.42 Å². The minimum Gasteiger partial charge on any atom is -0.477 e. The molecular weight excluding hydrogens is 1900 g/mol. The Morgan fingerprint density at radius 1 is 0.379 bits per heavy atom. The monoisotopic (exact) mass is 2030 g/mol. The van der Waals surface area contributed by atoms with Gasteiger partial charge in [-0.15, -0.1) is 0 Å². The van der Waals surface area contributed by atoms with E-state index in [0.717, 1.165) is 168 Å². The maximum Gasteiger partial charge on any atom is 0.354 e. The standard InChI is InChI=1S/C24H31N5O4.C24H30N4O4.C21H26N4O4.C20H24N4O4.C13H16IN3O/c1-16(2)29-15-17(14-20(29)24(30)28-8-12-32-13-9-28)22-21-19(27(3)26-22)4-7-25-23(21)33-18-5-10-31-11-6-18;1-16(2)28-15-18(13-20(28)24(29)27-7-11-31-12-8-27)22-21-17(14-26-22)3-6-25-23(21)32-19-4-9-30-10-5-19;1-13(2)25-12-14(11-17(25)21(26)27-4)19-18-16(24(3)23-19)5-8-22-20(18)29-15-6-9-28-10-7-15;1-12(2)24-11-13(10-16(24)20(25)26)18-17-15(23(3)22-18)4-7-21-19(17)28-14-5-8-27-9-6-14;1-17-10-7-8-15-13(11(10)12(14)16-17)18-9-5-3-2-4-6-9/h4,7,14-16,18H,5-6,8-13H2,1-3H3;3,6,13,15-16,19H,4-5,7-12,14H2,1-2H3;5,8,11-13,15H,6-7,9-10H2,1-4H3;4,7,10-12,14H,5-6,8-9H2,1-3H3,(H,25,26);7-9H,2-6H2,1H3. The largest absolute Gasteiger partial charge is 0.477 e. The molecule has 0 radical (unpaired) electrons. The second-order valence-corrected chi connectivity index (χ2v) is 38.4. The zero-order valence-corrected chi connectivity index (χ0v) is 84.3. The van der Waals surface area contributed by atoms with Crippen LogP contribution in [0.15, 0.2) is 115 Å². The number of aromatic nitrogens is 17. The quantitative estimate of drug-likeness (QED) is 0.0486. The molecule has 8 aliphatic rings. The predicted octanol–water partition coefficient (Wildman–Crippen LogP) is 15.8. The number of esters is 1. The van der Waals surface area contributed by atoms with E-state index in [-0.39, 0.29) is 72.1 Å². The van der Waals surface area contributed by atoms with E-state index in [0.29, 0.717) is 164 Å². The number of amides is 2. The van der Waals surface area contributed by atoms with Crippen molar-refractivity contribution >= 4 is 95.7 Å². The summed E-state index contributed by atoms with van der Waals surface area (Å²) in [4.78, 5) is 81.6. The molecule has 140 heavy (non-hydrogen) atoms. The molecule has 13 aromatic rings. The van der Waals surface area contributed by atoms with E-state index in [1.807, 2.05) is 167 Å². The Morgan fingerprint density at radius 2 is 0.686 bits per heavy atom. The van der Waals surface area contributed by atoms with Crippen LogP contribution in [0, 0.1) is 3.70 Å². The Labute approximate surface area is 826 Å². The van der Waals surface area contributed by atoms with Crippen LogP contribution in [0.3, 0.4) is 0 Å². The van der Waals surface area contributed by atoms with Gasteiger partial charge < -0.3 is 90.0 Å². The van der Waals surface area contributed by atoms with Gasteiger partial charge in [0.05, 0.1) is 148 Å². The summed E-state index contributed by atoms with van der Waals surface area (Å²) >= 11 is 2.25. The first kappa shape index (κ1) is 99.4. The summed E-state index contributed by atoms with van der Waals surface area (Å²) < 4.78 is 84.8. The second kappa shape index (κ2) is 45.2. The molecule has 1 N–H and O–H groups in total. The van der Waals surface area contributed by atoms with Gasteiger partial charge in [-0.05, 0) is 164 Å². The summed E-state index contributed by atoms with van der Waals surface area (Å²) in [6, 6.07) is 17.5. The number of aryl methyl sites for hydroxylation is 4. The molecule has 37 nitrogen and oxygen atoms in total. The van der Waals surface area contributed by atoms with E-state index in [1.165, 1.54) is 26.4 Å². The van der Waals surface area contributed by atoms with Crippen molar-refractivity contribution < 1.29 is 81.1 Å². The van der Waals surface area contributed by atoms with Gasteiger partial charge in [0.25, 0.3) is 11.8 Å². The molecule has 0 spiro atoms. The summed E-state index contributed by atoms with van der Waals surface area (Å²) in [6.07, 6.45) is 30.1. The molecule has 38 heteroatoms. The number of hydrogen-bond acceptors (Lipinski definition) is 26. The van der Waals surface area contributed by atoms with Crippen LogP contribution < -0.4 is 23.7 Å². The number of ether oxygens (including phenoxy) is 12. The number of methoxy groups -OCH3 is 1. The number of pyridine rings is 5. The Hall–Kier alpha value is -12.2. The molecule has 1 saturated carbocycles. The number of aliphatic imine (C=N–C) groups is 1. The van der Waals surface area contributed by atoms with Crippen LogP contribution in [-0.4, -0.2) is 270 Å². The smallest absolute Gasteiger partial charge is 0.354 e. The van der Waals surface area contributed by atoms with Crippen LogP contribution in [0.25, 0.3) is 77.4 Å². The van der Waals surface area contributed by atoms with Gasteiger partial charge in [0.15, 0.2) is 0 Å². The number of carboxylic acid groups (broad SMARTS) is 1. The normalized spacial score (nSPS) is 17.0. The summed E-state index contributed by atoms with van der Waals surface area (Å²) in [7, 11) is 9.02. The molecule has 0 bridgehead atoms. The van der Waals surface area contributed by atoms with Crippen LogP contribution in [-0.2, 0) is 67.9 Å². The number of nitrogens with zero attached hydrogens (tertiary/aromatic N) is 20. The number of morpholine rings is 2. The molecule has 744 valence electrons. The zero-order valence-electron chi connectivity index (χ0n) is 82.1. The highest BCUT2D eigenvalue weighted by atomic mass is 127. The molecule has 0 aromatic carbocycles. The Kier molecular flexibility index (Phi) is 32.0. The first-order valence-corrected chi connectivity index (χ1v) is 50.0. The number of aromatic carboxylic acids is 1. The van der Waals surface area contributed by atoms with Crippen molar-refractivity contribution in [3.63, 3.8) is 0 Å². The molecule has 13 aromatic heterocycles. The first-order valence-electron chi connectivity index (χ1n) is 48.9. The molecule has 6 saturated heterocycles. The topological polar surface area (TPSA) is 374 Å². The SMILES string of the molecule is CC(C)n1cc(-c2nn(C)c3ccnc(OC4CCOCC4)c23)cc1C(=O)N1CCOCC1.CC(C)n1cc(-c2nn(C)c3ccnc(OC4CCOCC4)c23)cc1C(=O)O.CC(C)n1cc(C2=NCc3ccnc(OC4CCOCC4)c32)cc1C(=O)N1CCOCC1.COC(=O)c1cc(-c2nn(C)c3ccnc(OC4CCOCC4)c23)cn1C(C)C.Cn1nc(I)c2c(OC3CCCCC3)nccc21. The fraction of sp³-hybridized carbons (Fsp3) is 0.510. The van der Waals surface area contributed by atoms with Crippen molar-refractivity contribution in [1.29, 1.82) is 0 Å². The fourth-order valence-electron chi connectivity index (χ4n) is 19.0. The number of hydrogen-bond donors (Lipinski definition) is 1. The third-order valence-corrected chi connectivity index (χ3v) is 27.3. The highest BCUT2D eigenvalue weighted by Gasteiger charge is 2.35. The highest BCUT2D eigenvalue weighted by molar-refractivity contribution is 14.1. The van der Waals surface area contributed by atoms with Crippen LogP contribution >= 0.6 is 22.6 Å². The molecular formula is C102H127IN20O17. The van der Waals surface area contributed by atoms with Gasteiger partial charge >= 0.3 is 11.9 Å². The Morgan fingerprint density at radius 3 is 1.06 bits per heavy atom. The maximum absolute atomic E-state index is 13.3. The van der Waals surface area contributed by atoms with Gasteiger partial charge in [-0.3, -0.25) is 33.3 Å². The third-order valence-electron chi connectivity index (χ3n) is 26.5. The summed E-state index contributed by atoms with van der Waals surface area (Å²) in [6.45, 7) is 27.2. The minimum atomic E-state index is -0.961. The van der Waals surface area contributed by atoms with Crippen LogP contribution in [0.1, 0.15) is 222 Å². The van der Waals surface area contributed by atoms with Crippen LogP contribution in [0.5, 0.6) is 29.4 Å². The molecule has 0 atom stereocenters. The first-order chi connectivity index (χ1) is 67.8. The summed E-state index contributed by atoms with van der Waals surface area (Å²) in [5, 5.41) is 31.7. The number of carbonyl (C=O) groups is 4. The van der Waals surface area contributed by atoms with E-state index in [1.54, 1.807) is 46.3 Å². The van der Waals surface area contributed by atoms with Crippen LogP contribution in [0.4, 0.5) is 0 Å². The predicted molar refractivity (Wildman–Crippen MR) is 534 cm³/mol. The average molecular weight is 2030 g/mol. The third kappa shape index (κ3) is 22.2. The maximum atomic E-state index is 13.3. The highest BCUT2D eigenvalue weighted by Crippen LogP contribution is 2.42. The number of carbonyl (C=O) groups excluding carboxylic acids is 3. The number of fused-ring (bicyclic) bond motifs is 5. The van der Waals surface area contributed by atoms with Crippen molar-refractivity contribution in [2.24, 2.45) is 33.2 Å². The number of carboxylic acids is 1. The molecule has 7 aliphatic heterocycles. The van der Waals surface area contributed by atoms with Crippen molar-refractivity contribution in [3.05, 3.63) is 154 Å². The van der Waals surface area contributed by atoms with Crippen molar-refractivity contribution in [2.45, 2.75) is 200 Å². The van der Waals surface area contributed by atoms with Gasteiger partial charge in [0.1, 0.15) is 74.1 Å². The van der Waals surface area contributed by atoms with E-state index < -0.39 is 5.97 Å². The van der Waals surface area contributed by atoms with E-state index in [4.69, 9.17) is 72.0 Å². The lowest BCUT2D eigenvalue weighted by molar-refractivity contribution is 0.0235. The Bertz CT molecular complexity index is 6550. The van der Waals surface area contributed by atoms with E-state index >= 15 is 0 Å². The molecule has 21 rings (SSSR count). The number of rotatable bonds is 22. The Balaban J connectivity index is 0.000000122. The lowest BCUT2D eigenvalue weighted by Crippen LogP contribution is -2.41. The fourth-order valence-corrected chi connectivity index (χ4v) is 19.8. The molecule has 7 fully saturated rings. The summed E-state index contributed by atoms with van der Waals surface area (Å²) in [5.41, 5.74) is 14.4. The van der Waals surface area contributed by atoms with Gasteiger partial charge in [0.2, 0.25) is 29.4 Å². The lowest BCUT2D eigenvalue weighted by Gasteiger charge is -2.27. The van der Waals surface area contributed by atoms with Gasteiger partial charge in [-0.25, -0.2) is 34.5 Å².